The van der Waals surface area contributed by atoms with Gasteiger partial charge in [0.1, 0.15) is 11.3 Å². The lowest BCUT2D eigenvalue weighted by Crippen LogP contribution is -2.26. The van der Waals surface area contributed by atoms with Crippen molar-refractivity contribution in [2.75, 3.05) is 11.1 Å². The van der Waals surface area contributed by atoms with Crippen molar-refractivity contribution >= 4 is 34.4 Å². The van der Waals surface area contributed by atoms with Crippen molar-refractivity contribution < 1.29 is 9.21 Å². The van der Waals surface area contributed by atoms with Gasteiger partial charge < -0.3 is 9.73 Å². The maximum Gasteiger partial charge on any atom is 0.280 e. The van der Waals surface area contributed by atoms with Crippen molar-refractivity contribution in [3.63, 3.8) is 0 Å². The Bertz CT molecular complexity index is 1290. The van der Waals surface area contributed by atoms with E-state index in [1.54, 1.807) is 27.6 Å². The standard InChI is InChI=1S/C22H23N5O3S/c1-4-27-20-19(15(3)25-27)24-22(26(21(20)29)12-17-9-6-10-30-17)31-13-18(28)23-16-8-5-7-14(2)11-16/h5-11H,4,12-13H2,1-3H3,(H,23,28). The second kappa shape index (κ2) is 8.81. The number of furan rings is 1. The van der Waals surface area contributed by atoms with E-state index in [-0.39, 0.29) is 23.8 Å². The summed E-state index contributed by atoms with van der Waals surface area (Å²) >= 11 is 1.22. The molecule has 1 N–H and O–H groups in total. The SMILES string of the molecule is CCn1nc(C)c2nc(SCC(=O)Nc3cccc(C)c3)n(Cc3ccco3)c(=O)c21. The highest BCUT2D eigenvalue weighted by Crippen LogP contribution is 2.21. The second-order valence-corrected chi connectivity index (χ2v) is 8.11. The zero-order chi connectivity index (χ0) is 22.0. The van der Waals surface area contributed by atoms with E-state index in [9.17, 15) is 9.59 Å². The minimum absolute atomic E-state index is 0.116. The van der Waals surface area contributed by atoms with E-state index in [2.05, 4.69) is 10.4 Å². The van der Waals surface area contributed by atoms with Crippen molar-refractivity contribution in [1.82, 2.24) is 19.3 Å². The first-order valence-electron chi connectivity index (χ1n) is 9.96. The first-order chi connectivity index (χ1) is 15.0. The van der Waals surface area contributed by atoms with E-state index in [0.717, 1.165) is 11.3 Å². The fraction of sp³-hybridized carbons (Fsp3) is 0.273. The number of hydrogen-bond donors (Lipinski definition) is 1. The van der Waals surface area contributed by atoms with Crippen LogP contribution in [0, 0.1) is 13.8 Å². The topological polar surface area (TPSA) is 95.0 Å². The summed E-state index contributed by atoms with van der Waals surface area (Å²) in [6, 6.07) is 11.2. The van der Waals surface area contributed by atoms with E-state index in [1.165, 1.54) is 11.8 Å². The number of carbonyl (C=O) groups is 1. The van der Waals surface area contributed by atoms with Crippen molar-refractivity contribution in [1.29, 1.82) is 0 Å². The van der Waals surface area contributed by atoms with E-state index >= 15 is 0 Å². The fourth-order valence-electron chi connectivity index (χ4n) is 3.38. The first kappa shape index (κ1) is 20.9. The Morgan fingerprint density at radius 3 is 2.77 bits per heavy atom. The third kappa shape index (κ3) is 4.41. The molecule has 160 valence electrons. The van der Waals surface area contributed by atoms with E-state index < -0.39 is 0 Å². The summed E-state index contributed by atoms with van der Waals surface area (Å²) in [5.74, 6) is 0.578. The van der Waals surface area contributed by atoms with Crippen LogP contribution in [0.2, 0.25) is 0 Å². The van der Waals surface area contributed by atoms with Gasteiger partial charge in [-0.3, -0.25) is 18.8 Å². The maximum absolute atomic E-state index is 13.3. The Morgan fingerprint density at radius 1 is 1.23 bits per heavy atom. The van der Waals surface area contributed by atoms with Gasteiger partial charge in [0.2, 0.25) is 5.91 Å². The average molecular weight is 438 g/mol. The molecule has 1 amide bonds. The summed E-state index contributed by atoms with van der Waals surface area (Å²) in [5.41, 5.74) is 3.30. The molecule has 4 rings (SSSR count). The fourth-order valence-corrected chi connectivity index (χ4v) is 4.17. The van der Waals surface area contributed by atoms with Gasteiger partial charge in [-0.15, -0.1) is 0 Å². The number of aryl methyl sites for hydroxylation is 3. The molecule has 1 aromatic carbocycles. The number of rotatable bonds is 7. The highest BCUT2D eigenvalue weighted by molar-refractivity contribution is 7.99. The molecule has 3 aromatic heterocycles. The van der Waals surface area contributed by atoms with Gasteiger partial charge in [0, 0.05) is 12.2 Å². The summed E-state index contributed by atoms with van der Waals surface area (Å²) < 4.78 is 8.64. The summed E-state index contributed by atoms with van der Waals surface area (Å²) in [6.07, 6.45) is 1.56. The number of carbonyl (C=O) groups excluding carboxylic acids is 1. The maximum atomic E-state index is 13.3. The van der Waals surface area contributed by atoms with Gasteiger partial charge in [-0.05, 0) is 50.6 Å². The van der Waals surface area contributed by atoms with E-state index in [4.69, 9.17) is 9.40 Å². The Morgan fingerprint density at radius 2 is 2.06 bits per heavy atom. The molecule has 4 aromatic rings. The molecule has 0 bridgehead atoms. The molecule has 0 aliphatic carbocycles. The molecule has 0 spiro atoms. The van der Waals surface area contributed by atoms with Crippen LogP contribution in [0.1, 0.15) is 23.9 Å². The first-order valence-corrected chi connectivity index (χ1v) is 10.9. The highest BCUT2D eigenvalue weighted by Gasteiger charge is 2.19. The van der Waals surface area contributed by atoms with Crippen molar-refractivity contribution in [2.24, 2.45) is 0 Å². The van der Waals surface area contributed by atoms with Crippen molar-refractivity contribution in [2.45, 2.75) is 39.0 Å². The van der Waals surface area contributed by atoms with Crippen LogP contribution in [0.5, 0.6) is 0 Å². The zero-order valence-electron chi connectivity index (χ0n) is 17.6. The van der Waals surface area contributed by atoms with Gasteiger partial charge in [0.25, 0.3) is 5.56 Å². The van der Waals surface area contributed by atoms with Crippen LogP contribution in [0.15, 0.2) is 57.0 Å². The number of hydrogen-bond acceptors (Lipinski definition) is 6. The Labute approximate surface area is 183 Å². The monoisotopic (exact) mass is 437 g/mol. The van der Waals surface area contributed by atoms with Gasteiger partial charge in [0.05, 0.1) is 24.3 Å². The molecule has 3 heterocycles. The highest BCUT2D eigenvalue weighted by atomic mass is 32.2. The van der Waals surface area contributed by atoms with Crippen molar-refractivity contribution in [3.8, 4) is 0 Å². The molecular formula is C22H23N5O3S. The van der Waals surface area contributed by atoms with Crippen molar-refractivity contribution in [3.05, 3.63) is 70.0 Å². The molecule has 0 unspecified atom stereocenters. The Balaban J connectivity index is 1.66. The molecule has 0 saturated carbocycles. The number of thioether (sulfide) groups is 1. The van der Waals surface area contributed by atoms with Gasteiger partial charge in [0.15, 0.2) is 10.7 Å². The van der Waals surface area contributed by atoms with Crippen LogP contribution in [-0.4, -0.2) is 31.0 Å². The van der Waals surface area contributed by atoms with Gasteiger partial charge in [-0.1, -0.05) is 23.9 Å². The van der Waals surface area contributed by atoms with Crippen LogP contribution in [0.3, 0.4) is 0 Å². The predicted molar refractivity (Wildman–Crippen MR) is 121 cm³/mol. The molecule has 0 aliphatic heterocycles. The van der Waals surface area contributed by atoms with Crippen LogP contribution < -0.4 is 10.9 Å². The quantitative estimate of drug-likeness (QED) is 0.351. The van der Waals surface area contributed by atoms with E-state index in [1.807, 2.05) is 45.0 Å². The van der Waals surface area contributed by atoms with Gasteiger partial charge in [-0.25, -0.2) is 4.98 Å². The van der Waals surface area contributed by atoms with Crippen LogP contribution in [0.25, 0.3) is 11.0 Å². The number of nitrogens with zero attached hydrogens (tertiary/aromatic N) is 4. The Hall–Kier alpha value is -3.33. The third-order valence-electron chi connectivity index (χ3n) is 4.81. The Kier molecular flexibility index (Phi) is 5.94. The molecule has 0 saturated heterocycles. The number of anilines is 1. The minimum Gasteiger partial charge on any atom is -0.467 e. The third-order valence-corrected chi connectivity index (χ3v) is 5.79. The molecule has 0 aliphatic rings. The smallest absolute Gasteiger partial charge is 0.280 e. The summed E-state index contributed by atoms with van der Waals surface area (Å²) in [4.78, 5) is 30.6. The summed E-state index contributed by atoms with van der Waals surface area (Å²) in [6.45, 7) is 6.52. The normalized spacial score (nSPS) is 11.2. The summed E-state index contributed by atoms with van der Waals surface area (Å²) in [7, 11) is 0. The lowest BCUT2D eigenvalue weighted by molar-refractivity contribution is -0.113. The molecule has 0 atom stereocenters. The van der Waals surface area contributed by atoms with Gasteiger partial charge >= 0.3 is 0 Å². The predicted octanol–water partition coefficient (Wildman–Crippen LogP) is 3.60. The average Bonchev–Trinajstić information content (AvgIpc) is 3.36. The molecule has 9 heteroatoms. The summed E-state index contributed by atoms with van der Waals surface area (Å²) in [5, 5.41) is 7.77. The van der Waals surface area contributed by atoms with Crippen LogP contribution >= 0.6 is 11.8 Å². The lowest BCUT2D eigenvalue weighted by Gasteiger charge is -2.12. The number of nitrogens with one attached hydrogen (secondary N) is 1. The molecule has 0 fully saturated rings. The van der Waals surface area contributed by atoms with Crippen LogP contribution in [-0.2, 0) is 17.9 Å². The number of fused-ring (bicyclic) bond motifs is 1. The zero-order valence-corrected chi connectivity index (χ0v) is 18.4. The lowest BCUT2D eigenvalue weighted by atomic mass is 10.2. The minimum atomic E-state index is -0.203. The molecule has 31 heavy (non-hydrogen) atoms. The number of aromatic nitrogens is 4. The van der Waals surface area contributed by atoms with E-state index in [0.29, 0.717) is 34.2 Å². The van der Waals surface area contributed by atoms with Crippen LogP contribution in [0.4, 0.5) is 5.69 Å². The second-order valence-electron chi connectivity index (χ2n) is 7.17. The van der Waals surface area contributed by atoms with Gasteiger partial charge in [-0.2, -0.15) is 5.10 Å². The number of benzene rings is 1. The molecular weight excluding hydrogens is 414 g/mol. The largest absolute Gasteiger partial charge is 0.467 e. The number of amides is 1. The molecule has 0 radical (unpaired) electrons. The molecule has 8 nitrogen and oxygen atoms in total.